The number of nitrogens with zero attached hydrogens (tertiary/aromatic N) is 1. The fourth-order valence-electron chi connectivity index (χ4n) is 3.03. The number of hydrogen-bond acceptors (Lipinski definition) is 2. The second-order valence-electron chi connectivity index (χ2n) is 5.37. The molecular weight excluding hydrogens is 229 g/mol. The Morgan fingerprint density at radius 1 is 1.06 bits per heavy atom. The van der Waals surface area contributed by atoms with Crippen LogP contribution in [0, 0.1) is 5.92 Å². The average molecular weight is 250 g/mol. The number of nitrogens with two attached hydrogens (primary N) is 1. The predicted octanol–water partition coefficient (Wildman–Crippen LogP) is 2.53. The molecule has 0 aromatic carbocycles. The molecule has 0 bridgehead atoms. The Kier molecular flexibility index (Phi) is 3.98. The molecule has 2 unspecified atom stereocenters. The molecule has 0 radical (unpaired) electrons. The summed E-state index contributed by atoms with van der Waals surface area (Å²) in [7, 11) is 0. The summed E-state index contributed by atoms with van der Waals surface area (Å²) >= 11 is 0. The van der Waals surface area contributed by atoms with Crippen molar-refractivity contribution in [3.05, 3.63) is 0 Å². The van der Waals surface area contributed by atoms with Crippen molar-refractivity contribution in [1.82, 2.24) is 4.90 Å². The Balaban J connectivity index is 2.03. The Morgan fingerprint density at radius 3 is 2.24 bits per heavy atom. The maximum absolute atomic E-state index is 12.6. The zero-order valence-electron chi connectivity index (χ0n) is 10.0. The lowest BCUT2D eigenvalue weighted by Gasteiger charge is -2.40. The monoisotopic (exact) mass is 250 g/mol. The highest BCUT2D eigenvalue weighted by Gasteiger charge is 2.43. The minimum atomic E-state index is -4.08. The summed E-state index contributed by atoms with van der Waals surface area (Å²) in [5.74, 6) is 0.256. The van der Waals surface area contributed by atoms with Crippen LogP contribution in [0.15, 0.2) is 0 Å². The van der Waals surface area contributed by atoms with Crippen molar-refractivity contribution in [2.75, 3.05) is 13.1 Å². The standard InChI is InChI=1S/C12H21F3N2/c13-12(14,15)8-17(10-5-6-10)11-4-2-1-3-9(11)7-16/h9-11H,1-8,16H2. The predicted molar refractivity (Wildman–Crippen MR) is 60.6 cm³/mol. The molecule has 0 spiro atoms. The van der Waals surface area contributed by atoms with E-state index in [1.807, 2.05) is 0 Å². The van der Waals surface area contributed by atoms with Gasteiger partial charge >= 0.3 is 6.18 Å². The molecule has 2 aliphatic carbocycles. The average Bonchev–Trinajstić information content (AvgIpc) is 3.08. The van der Waals surface area contributed by atoms with Gasteiger partial charge in [-0.3, -0.25) is 4.90 Å². The van der Waals surface area contributed by atoms with Gasteiger partial charge in [-0.15, -0.1) is 0 Å². The summed E-state index contributed by atoms with van der Waals surface area (Å²) in [6.45, 7) is -0.232. The van der Waals surface area contributed by atoms with Crippen LogP contribution in [-0.2, 0) is 0 Å². The molecular formula is C12H21F3N2. The molecule has 2 fully saturated rings. The maximum Gasteiger partial charge on any atom is 0.401 e. The van der Waals surface area contributed by atoms with Gasteiger partial charge in [0.2, 0.25) is 0 Å². The molecule has 0 heterocycles. The number of alkyl halides is 3. The molecule has 2 atom stereocenters. The van der Waals surface area contributed by atoms with Crippen molar-refractivity contribution in [3.63, 3.8) is 0 Å². The van der Waals surface area contributed by atoms with E-state index in [9.17, 15) is 13.2 Å². The van der Waals surface area contributed by atoms with Crippen LogP contribution in [0.2, 0.25) is 0 Å². The van der Waals surface area contributed by atoms with Crippen molar-refractivity contribution in [2.24, 2.45) is 11.7 Å². The Labute approximate surface area is 100 Å². The minimum absolute atomic E-state index is 0.0582. The SMILES string of the molecule is NCC1CCCCC1N(CC(F)(F)F)C1CC1. The molecule has 2 N–H and O–H groups in total. The van der Waals surface area contributed by atoms with E-state index in [0.29, 0.717) is 6.54 Å². The second-order valence-corrected chi connectivity index (χ2v) is 5.37. The third kappa shape index (κ3) is 3.58. The molecule has 0 amide bonds. The maximum atomic E-state index is 12.6. The van der Waals surface area contributed by atoms with E-state index in [1.54, 1.807) is 4.90 Å². The zero-order chi connectivity index (χ0) is 12.5. The van der Waals surface area contributed by atoms with E-state index in [0.717, 1.165) is 38.5 Å². The van der Waals surface area contributed by atoms with Crippen molar-refractivity contribution in [2.45, 2.75) is 56.8 Å². The minimum Gasteiger partial charge on any atom is -0.330 e. The normalized spacial score (nSPS) is 30.9. The molecule has 0 saturated heterocycles. The van der Waals surface area contributed by atoms with Crippen LogP contribution >= 0.6 is 0 Å². The molecule has 17 heavy (non-hydrogen) atoms. The number of rotatable bonds is 4. The van der Waals surface area contributed by atoms with Crippen LogP contribution < -0.4 is 5.73 Å². The van der Waals surface area contributed by atoms with Crippen LogP contribution in [0.1, 0.15) is 38.5 Å². The van der Waals surface area contributed by atoms with E-state index in [2.05, 4.69) is 0 Å². The van der Waals surface area contributed by atoms with E-state index in [1.165, 1.54) is 0 Å². The van der Waals surface area contributed by atoms with Gasteiger partial charge in [-0.25, -0.2) is 0 Å². The lowest BCUT2D eigenvalue weighted by atomic mass is 9.83. The molecule has 100 valence electrons. The van der Waals surface area contributed by atoms with Gasteiger partial charge in [0.1, 0.15) is 0 Å². The first kappa shape index (κ1) is 13.1. The first-order valence-corrected chi connectivity index (χ1v) is 6.54. The van der Waals surface area contributed by atoms with Crippen LogP contribution in [0.5, 0.6) is 0 Å². The number of halogens is 3. The Morgan fingerprint density at radius 2 is 1.71 bits per heavy atom. The van der Waals surface area contributed by atoms with Gasteiger partial charge in [0.05, 0.1) is 6.54 Å². The van der Waals surface area contributed by atoms with E-state index >= 15 is 0 Å². The highest BCUT2D eigenvalue weighted by Crippen LogP contribution is 2.37. The molecule has 2 saturated carbocycles. The van der Waals surface area contributed by atoms with Gasteiger partial charge in [0, 0.05) is 12.1 Å². The van der Waals surface area contributed by atoms with Crippen molar-refractivity contribution in [1.29, 1.82) is 0 Å². The van der Waals surface area contributed by atoms with Crippen LogP contribution in [0.4, 0.5) is 13.2 Å². The summed E-state index contributed by atoms with van der Waals surface area (Å²) < 4.78 is 37.8. The summed E-state index contributed by atoms with van der Waals surface area (Å²) in [5, 5.41) is 0. The smallest absolute Gasteiger partial charge is 0.330 e. The first-order chi connectivity index (χ1) is 8.01. The Hall–Kier alpha value is -0.290. The molecule has 0 aromatic heterocycles. The highest BCUT2D eigenvalue weighted by molar-refractivity contribution is 4.94. The molecule has 5 heteroatoms. The van der Waals surface area contributed by atoms with Crippen molar-refractivity contribution in [3.8, 4) is 0 Å². The van der Waals surface area contributed by atoms with Gasteiger partial charge in [0.15, 0.2) is 0 Å². The lowest BCUT2D eigenvalue weighted by Crippen LogP contribution is -2.49. The van der Waals surface area contributed by atoms with Gasteiger partial charge in [-0.05, 0) is 38.1 Å². The van der Waals surface area contributed by atoms with Gasteiger partial charge in [0.25, 0.3) is 0 Å². The largest absolute Gasteiger partial charge is 0.401 e. The lowest BCUT2D eigenvalue weighted by molar-refractivity contribution is -0.156. The molecule has 2 aliphatic rings. The second kappa shape index (κ2) is 5.14. The topological polar surface area (TPSA) is 29.3 Å². The van der Waals surface area contributed by atoms with Crippen molar-refractivity contribution < 1.29 is 13.2 Å². The zero-order valence-corrected chi connectivity index (χ0v) is 10.0. The molecule has 2 rings (SSSR count). The fraction of sp³-hybridized carbons (Fsp3) is 1.00. The van der Waals surface area contributed by atoms with E-state index in [4.69, 9.17) is 5.73 Å². The Bertz CT molecular complexity index is 251. The number of hydrogen-bond donors (Lipinski definition) is 1. The van der Waals surface area contributed by atoms with Crippen molar-refractivity contribution >= 4 is 0 Å². The van der Waals surface area contributed by atoms with Crippen LogP contribution in [-0.4, -0.2) is 36.2 Å². The van der Waals surface area contributed by atoms with Gasteiger partial charge in [-0.1, -0.05) is 12.8 Å². The highest BCUT2D eigenvalue weighted by atomic mass is 19.4. The molecule has 0 aliphatic heterocycles. The van der Waals surface area contributed by atoms with E-state index < -0.39 is 12.7 Å². The van der Waals surface area contributed by atoms with E-state index in [-0.39, 0.29) is 18.0 Å². The quantitative estimate of drug-likeness (QED) is 0.830. The fourth-order valence-corrected chi connectivity index (χ4v) is 3.03. The molecule has 2 nitrogen and oxygen atoms in total. The van der Waals surface area contributed by atoms with Gasteiger partial charge in [-0.2, -0.15) is 13.2 Å². The third-order valence-electron chi connectivity index (χ3n) is 3.98. The summed E-state index contributed by atoms with van der Waals surface area (Å²) in [4.78, 5) is 1.69. The summed E-state index contributed by atoms with van der Waals surface area (Å²) in [6.07, 6.45) is 1.79. The summed E-state index contributed by atoms with van der Waals surface area (Å²) in [5.41, 5.74) is 5.71. The van der Waals surface area contributed by atoms with Crippen LogP contribution in [0.3, 0.4) is 0 Å². The molecule has 0 aromatic rings. The van der Waals surface area contributed by atoms with Crippen LogP contribution in [0.25, 0.3) is 0 Å². The first-order valence-electron chi connectivity index (χ1n) is 6.54. The van der Waals surface area contributed by atoms with Gasteiger partial charge < -0.3 is 5.73 Å². The third-order valence-corrected chi connectivity index (χ3v) is 3.98. The summed E-state index contributed by atoms with van der Waals surface area (Å²) in [6, 6.07) is 0.219.